The third-order valence-electron chi connectivity index (χ3n) is 4.18. The van der Waals surface area contributed by atoms with Crippen molar-refractivity contribution in [1.29, 1.82) is 0 Å². The second-order valence-electron chi connectivity index (χ2n) is 6.27. The Morgan fingerprint density at radius 3 is 2.50 bits per heavy atom. The second-order valence-corrected chi connectivity index (χ2v) is 6.27. The Balaban J connectivity index is 1.84. The molecule has 1 heterocycles. The Bertz CT molecular complexity index is 586. The number of nitrogens with two attached hydrogens (primary N) is 1. The van der Waals surface area contributed by atoms with Crippen molar-refractivity contribution in [2.75, 3.05) is 31.5 Å². The van der Waals surface area contributed by atoms with E-state index >= 15 is 0 Å². The third kappa shape index (κ3) is 5.01. The van der Waals surface area contributed by atoms with Crippen molar-refractivity contribution in [1.82, 2.24) is 9.80 Å². The van der Waals surface area contributed by atoms with Gasteiger partial charge in [0.25, 0.3) is 0 Å². The van der Waals surface area contributed by atoms with Crippen LogP contribution in [-0.4, -0.2) is 59.9 Å². The molecule has 3 N–H and O–H groups in total. The van der Waals surface area contributed by atoms with Crippen LogP contribution in [0.1, 0.15) is 20.3 Å². The summed E-state index contributed by atoms with van der Waals surface area (Å²) in [5.74, 6) is -0.515. The fraction of sp³-hybridized carbons (Fsp3) is 0.529. The summed E-state index contributed by atoms with van der Waals surface area (Å²) in [5.41, 5.74) is 6.10. The van der Waals surface area contributed by atoms with E-state index in [1.165, 1.54) is 12.1 Å². The lowest BCUT2D eigenvalue weighted by Crippen LogP contribution is -2.54. The summed E-state index contributed by atoms with van der Waals surface area (Å²) >= 11 is 0. The lowest BCUT2D eigenvalue weighted by atomic mass is 10.1. The molecule has 0 radical (unpaired) electrons. The van der Waals surface area contributed by atoms with E-state index in [0.717, 1.165) is 0 Å². The van der Waals surface area contributed by atoms with Crippen molar-refractivity contribution in [3.05, 3.63) is 30.1 Å². The fourth-order valence-corrected chi connectivity index (χ4v) is 2.74. The Morgan fingerprint density at radius 2 is 1.92 bits per heavy atom. The fourth-order valence-electron chi connectivity index (χ4n) is 2.74. The number of nitrogens with one attached hydrogen (secondary N) is 1. The average molecular weight is 336 g/mol. The summed E-state index contributed by atoms with van der Waals surface area (Å²) in [6.07, 6.45) is 0.343. The van der Waals surface area contributed by atoms with E-state index in [1.807, 2.05) is 18.7 Å². The lowest BCUT2D eigenvalue weighted by Gasteiger charge is -2.37. The number of piperazine rings is 1. The number of hydrogen-bond donors (Lipinski definition) is 2. The molecule has 0 saturated carbocycles. The van der Waals surface area contributed by atoms with Crippen LogP contribution in [0.25, 0.3) is 0 Å². The van der Waals surface area contributed by atoms with Gasteiger partial charge < -0.3 is 16.0 Å². The topological polar surface area (TPSA) is 78.7 Å². The first-order valence-corrected chi connectivity index (χ1v) is 8.20. The molecule has 0 spiro atoms. The zero-order valence-corrected chi connectivity index (χ0v) is 14.2. The van der Waals surface area contributed by atoms with Crippen molar-refractivity contribution in [2.45, 2.75) is 32.4 Å². The molecule has 1 fully saturated rings. The van der Waals surface area contributed by atoms with Crippen molar-refractivity contribution in [3.8, 4) is 0 Å². The number of benzene rings is 1. The van der Waals surface area contributed by atoms with E-state index in [2.05, 4.69) is 5.32 Å². The number of halogens is 1. The minimum atomic E-state index is -0.387. The van der Waals surface area contributed by atoms with Crippen LogP contribution in [0, 0.1) is 5.82 Å². The van der Waals surface area contributed by atoms with Crippen LogP contribution in [-0.2, 0) is 9.59 Å². The van der Waals surface area contributed by atoms with Gasteiger partial charge in [-0.05, 0) is 32.0 Å². The highest BCUT2D eigenvalue weighted by Gasteiger charge is 2.27. The van der Waals surface area contributed by atoms with E-state index in [1.54, 1.807) is 17.0 Å². The van der Waals surface area contributed by atoms with Gasteiger partial charge in [0.1, 0.15) is 5.82 Å². The molecule has 1 aliphatic rings. The standard InChI is InChI=1S/C17H25FN4O2/c1-12(19)10-16(23)22-8-6-21(7-9-22)13(2)17(24)20-15-5-3-4-14(18)11-15/h3-5,11-13H,6-10,19H2,1-2H3,(H,20,24). The molecule has 0 bridgehead atoms. The van der Waals surface area contributed by atoms with Crippen LogP contribution in [0.4, 0.5) is 10.1 Å². The largest absolute Gasteiger partial charge is 0.340 e. The summed E-state index contributed by atoms with van der Waals surface area (Å²) in [5, 5.41) is 2.72. The van der Waals surface area contributed by atoms with E-state index in [-0.39, 0.29) is 29.7 Å². The summed E-state index contributed by atoms with van der Waals surface area (Å²) in [4.78, 5) is 28.1. The van der Waals surface area contributed by atoms with Crippen molar-refractivity contribution in [3.63, 3.8) is 0 Å². The zero-order valence-electron chi connectivity index (χ0n) is 14.2. The number of rotatable bonds is 5. The van der Waals surface area contributed by atoms with Crippen LogP contribution in [0.3, 0.4) is 0 Å². The number of nitrogens with zero attached hydrogens (tertiary/aromatic N) is 2. The molecule has 24 heavy (non-hydrogen) atoms. The van der Waals surface area contributed by atoms with Crippen molar-refractivity contribution >= 4 is 17.5 Å². The van der Waals surface area contributed by atoms with Gasteiger partial charge in [-0.15, -0.1) is 0 Å². The Kier molecular flexibility index (Phi) is 6.28. The van der Waals surface area contributed by atoms with Crippen molar-refractivity contribution in [2.24, 2.45) is 5.73 Å². The quantitative estimate of drug-likeness (QED) is 0.842. The molecule has 0 aliphatic carbocycles. The first-order chi connectivity index (χ1) is 11.4. The van der Waals surface area contributed by atoms with Gasteiger partial charge in [-0.2, -0.15) is 0 Å². The highest BCUT2D eigenvalue weighted by atomic mass is 19.1. The van der Waals surface area contributed by atoms with E-state index in [4.69, 9.17) is 5.73 Å². The van der Waals surface area contributed by atoms with E-state index < -0.39 is 0 Å². The minimum Gasteiger partial charge on any atom is -0.340 e. The zero-order chi connectivity index (χ0) is 17.7. The summed E-state index contributed by atoms with van der Waals surface area (Å²) in [6.45, 7) is 6.05. The third-order valence-corrected chi connectivity index (χ3v) is 4.18. The number of anilines is 1. The Morgan fingerprint density at radius 1 is 1.25 bits per heavy atom. The molecular weight excluding hydrogens is 311 g/mol. The highest BCUT2D eigenvalue weighted by molar-refractivity contribution is 5.94. The lowest BCUT2D eigenvalue weighted by molar-refractivity contribution is -0.134. The normalized spacial score (nSPS) is 18.1. The van der Waals surface area contributed by atoms with E-state index in [0.29, 0.717) is 38.3 Å². The smallest absolute Gasteiger partial charge is 0.241 e. The molecule has 6 nitrogen and oxygen atoms in total. The predicted octanol–water partition coefficient (Wildman–Crippen LogP) is 1.03. The van der Waals surface area contributed by atoms with Crippen LogP contribution in [0.5, 0.6) is 0 Å². The highest BCUT2D eigenvalue weighted by Crippen LogP contribution is 2.13. The summed E-state index contributed by atoms with van der Waals surface area (Å²) in [7, 11) is 0. The van der Waals surface area contributed by atoms with Gasteiger partial charge in [0.05, 0.1) is 6.04 Å². The molecule has 2 atom stereocenters. The average Bonchev–Trinajstić information content (AvgIpc) is 2.53. The number of carbonyl (C=O) groups excluding carboxylic acids is 2. The van der Waals surface area contributed by atoms with Gasteiger partial charge >= 0.3 is 0 Å². The minimum absolute atomic E-state index is 0.0570. The van der Waals surface area contributed by atoms with Crippen LogP contribution in [0.2, 0.25) is 0 Å². The molecule has 1 aromatic rings. The molecule has 1 aromatic carbocycles. The number of carbonyl (C=O) groups is 2. The molecule has 0 aromatic heterocycles. The van der Waals surface area contributed by atoms with Gasteiger partial charge in [-0.25, -0.2) is 4.39 Å². The predicted molar refractivity (Wildman–Crippen MR) is 90.9 cm³/mol. The maximum Gasteiger partial charge on any atom is 0.241 e. The Hall–Kier alpha value is -1.99. The number of hydrogen-bond acceptors (Lipinski definition) is 4. The SMILES string of the molecule is CC(N)CC(=O)N1CCN(C(C)C(=O)Nc2cccc(F)c2)CC1. The molecular formula is C17H25FN4O2. The number of amides is 2. The van der Waals surface area contributed by atoms with Gasteiger partial charge in [0, 0.05) is 44.3 Å². The molecule has 2 unspecified atom stereocenters. The van der Waals surface area contributed by atoms with Crippen LogP contribution in [0.15, 0.2) is 24.3 Å². The molecule has 2 amide bonds. The van der Waals surface area contributed by atoms with Gasteiger partial charge in [-0.1, -0.05) is 6.07 Å². The first-order valence-electron chi connectivity index (χ1n) is 8.20. The summed E-state index contributed by atoms with van der Waals surface area (Å²) < 4.78 is 13.2. The maximum atomic E-state index is 13.2. The first kappa shape index (κ1) is 18.4. The van der Waals surface area contributed by atoms with Gasteiger partial charge in [0.15, 0.2) is 0 Å². The molecule has 1 aliphatic heterocycles. The molecule has 7 heteroatoms. The van der Waals surface area contributed by atoms with Crippen LogP contribution >= 0.6 is 0 Å². The van der Waals surface area contributed by atoms with Gasteiger partial charge in [0.2, 0.25) is 11.8 Å². The Labute approximate surface area is 141 Å². The molecule has 132 valence electrons. The van der Waals surface area contributed by atoms with Crippen LogP contribution < -0.4 is 11.1 Å². The molecule has 1 saturated heterocycles. The van der Waals surface area contributed by atoms with E-state index in [9.17, 15) is 14.0 Å². The molecule has 2 rings (SSSR count). The van der Waals surface area contributed by atoms with Gasteiger partial charge in [-0.3, -0.25) is 14.5 Å². The maximum absolute atomic E-state index is 13.2. The summed E-state index contributed by atoms with van der Waals surface area (Å²) in [6, 6.07) is 5.33. The van der Waals surface area contributed by atoms with Crippen molar-refractivity contribution < 1.29 is 14.0 Å². The second kappa shape index (κ2) is 8.21. The monoisotopic (exact) mass is 336 g/mol.